The van der Waals surface area contributed by atoms with Gasteiger partial charge in [0, 0.05) is 39.2 Å². The lowest BCUT2D eigenvalue weighted by molar-refractivity contribution is 1.11. The molecule has 0 radical (unpaired) electrons. The summed E-state index contributed by atoms with van der Waals surface area (Å²) >= 11 is 0. The van der Waals surface area contributed by atoms with Crippen molar-refractivity contribution < 1.29 is 0 Å². The number of benzene rings is 7. The molecular weight excluding hydrogens is 585 g/mol. The summed E-state index contributed by atoms with van der Waals surface area (Å²) in [4.78, 5) is 0. The molecule has 0 saturated heterocycles. The topological polar surface area (TPSA) is 35.1 Å². The highest BCUT2D eigenvalue weighted by atomic mass is 15.2. The van der Waals surface area contributed by atoms with Crippen LogP contribution in [-0.4, -0.2) is 19.2 Å². The molecule has 0 spiro atoms. The molecule has 0 fully saturated rings. The van der Waals surface area contributed by atoms with Gasteiger partial charge >= 0.3 is 0 Å². The molecule has 0 aliphatic rings. The Morgan fingerprint density at radius 2 is 0.917 bits per heavy atom. The fraction of sp³-hybridized carbons (Fsp3) is 0. The molecule has 0 aliphatic heterocycles. The van der Waals surface area contributed by atoms with Crippen LogP contribution in [0.4, 0.5) is 0 Å². The second-order valence-corrected chi connectivity index (χ2v) is 12.3. The molecule has 0 amide bonds. The van der Waals surface area contributed by atoms with Crippen molar-refractivity contribution >= 4 is 49.0 Å². The van der Waals surface area contributed by atoms with Gasteiger partial charge in [-0.15, -0.1) is 10.2 Å². The van der Waals surface area contributed by atoms with E-state index in [-0.39, 0.29) is 0 Å². The molecule has 0 bridgehead atoms. The van der Waals surface area contributed by atoms with E-state index in [9.17, 15) is 0 Å². The van der Waals surface area contributed by atoms with E-state index in [1.54, 1.807) is 0 Å². The molecular formula is C44H28N4. The molecule has 10 aromatic rings. The summed E-state index contributed by atoms with van der Waals surface area (Å²) in [5.41, 5.74) is 10.1. The van der Waals surface area contributed by atoms with Crippen molar-refractivity contribution in [2.24, 2.45) is 0 Å². The first-order valence-electron chi connectivity index (χ1n) is 16.3. The van der Waals surface area contributed by atoms with Crippen LogP contribution in [0.1, 0.15) is 0 Å². The quantitative estimate of drug-likeness (QED) is 0.198. The van der Waals surface area contributed by atoms with Gasteiger partial charge in [-0.2, -0.15) is 0 Å². The number of hydrogen-bond acceptors (Lipinski definition) is 2. The number of fused-ring (bicyclic) bond motifs is 7. The second-order valence-electron chi connectivity index (χ2n) is 12.3. The molecule has 4 heteroatoms. The van der Waals surface area contributed by atoms with Gasteiger partial charge in [0.1, 0.15) is 0 Å². The number of hydrogen-bond donors (Lipinski definition) is 0. The lowest BCUT2D eigenvalue weighted by Gasteiger charge is -2.12. The van der Waals surface area contributed by atoms with Crippen LogP contribution in [-0.2, 0) is 0 Å². The van der Waals surface area contributed by atoms with Gasteiger partial charge < -0.3 is 4.57 Å². The van der Waals surface area contributed by atoms with Crippen LogP contribution in [0, 0.1) is 0 Å². The largest absolute Gasteiger partial charge is 0.309 e. The molecule has 7 aromatic carbocycles. The first-order chi connectivity index (χ1) is 23.8. The lowest BCUT2D eigenvalue weighted by Crippen LogP contribution is -1.96. The third-order valence-electron chi connectivity index (χ3n) is 9.67. The van der Waals surface area contributed by atoms with Crippen LogP contribution in [0.15, 0.2) is 170 Å². The Labute approximate surface area is 276 Å². The minimum Gasteiger partial charge on any atom is -0.309 e. The van der Waals surface area contributed by atoms with E-state index in [4.69, 9.17) is 10.2 Å². The van der Waals surface area contributed by atoms with E-state index in [1.807, 2.05) is 0 Å². The third kappa shape index (κ3) is 4.03. The lowest BCUT2D eigenvalue weighted by atomic mass is 9.95. The van der Waals surface area contributed by atoms with Crippen molar-refractivity contribution in [3.8, 4) is 39.3 Å². The smallest absolute Gasteiger partial charge is 0.169 e. The molecule has 0 unspecified atom stereocenters. The summed E-state index contributed by atoms with van der Waals surface area (Å²) in [7, 11) is 0. The molecule has 0 atom stereocenters. The molecule has 0 aliphatic carbocycles. The van der Waals surface area contributed by atoms with Crippen LogP contribution in [0.3, 0.4) is 0 Å². The van der Waals surface area contributed by atoms with Crippen molar-refractivity contribution in [1.82, 2.24) is 19.2 Å². The predicted octanol–water partition coefficient (Wildman–Crippen LogP) is 11.1. The Kier molecular flexibility index (Phi) is 5.84. The Balaban J connectivity index is 1.09. The normalized spacial score (nSPS) is 11.8. The molecule has 3 heterocycles. The van der Waals surface area contributed by atoms with Crippen LogP contribution in [0.25, 0.3) is 88.3 Å². The minimum absolute atomic E-state index is 0.818. The maximum Gasteiger partial charge on any atom is 0.169 e. The molecule has 0 saturated carbocycles. The van der Waals surface area contributed by atoms with Crippen LogP contribution < -0.4 is 0 Å². The Bertz CT molecular complexity index is 2760. The Morgan fingerprint density at radius 1 is 0.375 bits per heavy atom. The van der Waals surface area contributed by atoms with E-state index in [0.29, 0.717) is 0 Å². The van der Waals surface area contributed by atoms with Crippen molar-refractivity contribution in [3.63, 3.8) is 0 Å². The summed E-state index contributed by atoms with van der Waals surface area (Å²) in [6.45, 7) is 0. The minimum atomic E-state index is 0.818. The van der Waals surface area contributed by atoms with Gasteiger partial charge in [0.2, 0.25) is 0 Å². The van der Waals surface area contributed by atoms with E-state index in [1.165, 1.54) is 43.7 Å². The van der Waals surface area contributed by atoms with Crippen LogP contribution in [0.2, 0.25) is 0 Å². The SMILES string of the molecule is c1ccc2c(-c3ccc(-c4cn5c(-c6ccc(-n7c8ccccc8c8ccccc87)cc6)nnc5c5ccccc45)cc3)cccc2c1. The highest BCUT2D eigenvalue weighted by molar-refractivity contribution is 6.09. The monoisotopic (exact) mass is 612 g/mol. The van der Waals surface area contributed by atoms with Gasteiger partial charge in [0.05, 0.1) is 11.0 Å². The second kappa shape index (κ2) is 10.5. The van der Waals surface area contributed by atoms with Crippen molar-refractivity contribution in [2.75, 3.05) is 0 Å². The van der Waals surface area contributed by atoms with Gasteiger partial charge in [-0.25, -0.2) is 0 Å². The first-order valence-corrected chi connectivity index (χ1v) is 16.3. The summed E-state index contributed by atoms with van der Waals surface area (Å²) in [6, 6.07) is 58.4. The maximum absolute atomic E-state index is 4.73. The molecule has 48 heavy (non-hydrogen) atoms. The number of pyridine rings is 1. The average molecular weight is 613 g/mol. The predicted molar refractivity (Wildman–Crippen MR) is 199 cm³/mol. The number of para-hydroxylation sites is 2. The third-order valence-corrected chi connectivity index (χ3v) is 9.67. The number of rotatable bonds is 4. The van der Waals surface area contributed by atoms with Crippen LogP contribution in [0.5, 0.6) is 0 Å². The van der Waals surface area contributed by atoms with Gasteiger partial charge in [-0.05, 0) is 69.2 Å². The fourth-order valence-electron chi connectivity index (χ4n) is 7.40. The highest BCUT2D eigenvalue weighted by Crippen LogP contribution is 2.36. The molecule has 10 rings (SSSR count). The fourth-order valence-corrected chi connectivity index (χ4v) is 7.40. The van der Waals surface area contributed by atoms with Gasteiger partial charge in [0.25, 0.3) is 0 Å². The first kappa shape index (κ1) is 26.7. The van der Waals surface area contributed by atoms with Crippen molar-refractivity contribution in [3.05, 3.63) is 170 Å². The van der Waals surface area contributed by atoms with E-state index in [0.717, 1.165) is 44.6 Å². The highest BCUT2D eigenvalue weighted by Gasteiger charge is 2.17. The van der Waals surface area contributed by atoms with Gasteiger partial charge in [-0.3, -0.25) is 4.40 Å². The summed E-state index contributed by atoms with van der Waals surface area (Å²) in [5.74, 6) is 0.818. The van der Waals surface area contributed by atoms with E-state index >= 15 is 0 Å². The Morgan fingerprint density at radius 3 is 1.62 bits per heavy atom. The van der Waals surface area contributed by atoms with E-state index in [2.05, 4.69) is 179 Å². The van der Waals surface area contributed by atoms with Crippen molar-refractivity contribution in [2.45, 2.75) is 0 Å². The van der Waals surface area contributed by atoms with Gasteiger partial charge in [-0.1, -0.05) is 127 Å². The number of aromatic nitrogens is 4. The number of nitrogens with zero attached hydrogens (tertiary/aromatic N) is 4. The Hall–Kier alpha value is -6.52. The maximum atomic E-state index is 4.73. The molecule has 4 nitrogen and oxygen atoms in total. The molecule has 0 N–H and O–H groups in total. The zero-order valence-electron chi connectivity index (χ0n) is 26.0. The zero-order chi connectivity index (χ0) is 31.6. The standard InChI is InChI=1S/C44H28N4/c1-2-12-34-29(10-1)11-9-17-35(34)30-20-22-31(23-21-30)40-28-47-43(45-46-44(47)39-16-4-3-13-36(39)40)32-24-26-33(27-25-32)48-41-18-7-5-14-37(41)38-15-6-8-19-42(38)48/h1-28H. The summed E-state index contributed by atoms with van der Waals surface area (Å²) < 4.78 is 4.48. The summed E-state index contributed by atoms with van der Waals surface area (Å²) in [5, 5.41) is 16.7. The molecule has 3 aromatic heterocycles. The zero-order valence-corrected chi connectivity index (χ0v) is 26.0. The van der Waals surface area contributed by atoms with Crippen LogP contribution >= 0.6 is 0 Å². The van der Waals surface area contributed by atoms with Crippen molar-refractivity contribution in [1.29, 1.82) is 0 Å². The summed E-state index contributed by atoms with van der Waals surface area (Å²) in [6.07, 6.45) is 2.20. The molecule has 224 valence electrons. The van der Waals surface area contributed by atoms with E-state index < -0.39 is 0 Å². The average Bonchev–Trinajstić information content (AvgIpc) is 3.74. The van der Waals surface area contributed by atoms with Gasteiger partial charge in [0.15, 0.2) is 11.5 Å².